The molecule has 0 aromatic heterocycles. The van der Waals surface area contributed by atoms with Crippen molar-refractivity contribution in [1.82, 2.24) is 5.32 Å². The first kappa shape index (κ1) is 23.9. The van der Waals surface area contributed by atoms with Crippen LogP contribution in [0.5, 0.6) is 11.5 Å². The molecule has 2 N–H and O–H groups in total. The van der Waals surface area contributed by atoms with Crippen LogP contribution in [0.3, 0.4) is 0 Å². The molecular formula is C24H24N2O6S. The number of ether oxygens (including phenoxy) is 2. The number of nitrogens with zero attached hydrogens (tertiary/aromatic N) is 1. The number of benzene rings is 2. The van der Waals surface area contributed by atoms with Gasteiger partial charge >= 0.3 is 5.97 Å². The monoisotopic (exact) mass is 468 g/mol. The summed E-state index contributed by atoms with van der Waals surface area (Å²) in [4.78, 5) is 38.3. The van der Waals surface area contributed by atoms with E-state index in [1.54, 1.807) is 19.1 Å². The molecule has 1 saturated heterocycles. The zero-order chi connectivity index (χ0) is 24.3. The second kappa shape index (κ2) is 9.83. The first-order valence-corrected chi connectivity index (χ1v) is 10.7. The number of carbonyl (C=O) groups is 3. The topological polar surface area (TPSA) is 105 Å². The molecule has 2 aromatic rings. The highest BCUT2D eigenvalue weighted by atomic mass is 32.1. The SMILES string of the molecule is CCOc1cc(/C=C2/C(=O)NC(=S)N(c3cc(C)cc(C)c3)C2=O)ccc1O[C@H](C)C(=O)O. The third-order valence-corrected chi connectivity index (χ3v) is 5.08. The van der Waals surface area contributed by atoms with Crippen LogP contribution >= 0.6 is 12.2 Å². The van der Waals surface area contributed by atoms with Gasteiger partial charge in [-0.1, -0.05) is 12.1 Å². The number of hydrogen-bond donors (Lipinski definition) is 2. The number of nitrogens with one attached hydrogen (secondary N) is 1. The number of hydrogen-bond acceptors (Lipinski definition) is 6. The molecule has 172 valence electrons. The summed E-state index contributed by atoms with van der Waals surface area (Å²) >= 11 is 5.26. The normalized spacial score (nSPS) is 15.9. The number of aliphatic carboxylic acids is 1. The molecule has 9 heteroatoms. The largest absolute Gasteiger partial charge is 0.490 e. The third kappa shape index (κ3) is 5.38. The van der Waals surface area contributed by atoms with E-state index in [4.69, 9.17) is 26.8 Å². The van der Waals surface area contributed by atoms with Crippen molar-refractivity contribution in [2.75, 3.05) is 11.5 Å². The van der Waals surface area contributed by atoms with Crippen LogP contribution in [-0.4, -0.2) is 40.7 Å². The van der Waals surface area contributed by atoms with Crippen LogP contribution in [0.15, 0.2) is 42.0 Å². The highest BCUT2D eigenvalue weighted by Crippen LogP contribution is 2.31. The van der Waals surface area contributed by atoms with Crippen LogP contribution < -0.4 is 19.7 Å². The fourth-order valence-electron chi connectivity index (χ4n) is 3.36. The molecule has 0 bridgehead atoms. The molecule has 1 heterocycles. The van der Waals surface area contributed by atoms with Gasteiger partial charge in [0.25, 0.3) is 11.8 Å². The first-order valence-electron chi connectivity index (χ1n) is 10.3. The minimum Gasteiger partial charge on any atom is -0.490 e. The average molecular weight is 469 g/mol. The van der Waals surface area contributed by atoms with Gasteiger partial charge < -0.3 is 14.6 Å². The van der Waals surface area contributed by atoms with Crippen molar-refractivity contribution in [2.45, 2.75) is 33.8 Å². The number of aryl methyl sites for hydroxylation is 2. The van der Waals surface area contributed by atoms with E-state index in [2.05, 4.69) is 5.32 Å². The van der Waals surface area contributed by atoms with Crippen molar-refractivity contribution in [2.24, 2.45) is 0 Å². The average Bonchev–Trinajstić information content (AvgIpc) is 2.72. The van der Waals surface area contributed by atoms with Gasteiger partial charge in [-0.2, -0.15) is 0 Å². The van der Waals surface area contributed by atoms with Gasteiger partial charge in [0, 0.05) is 0 Å². The molecule has 0 aliphatic carbocycles. The van der Waals surface area contributed by atoms with Crippen molar-refractivity contribution in [3.8, 4) is 11.5 Å². The Morgan fingerprint density at radius 3 is 2.42 bits per heavy atom. The summed E-state index contributed by atoms with van der Waals surface area (Å²) in [7, 11) is 0. The van der Waals surface area contributed by atoms with Gasteiger partial charge in [0.05, 0.1) is 12.3 Å². The third-order valence-electron chi connectivity index (χ3n) is 4.80. The lowest BCUT2D eigenvalue weighted by atomic mass is 10.1. The van der Waals surface area contributed by atoms with E-state index in [0.717, 1.165) is 11.1 Å². The lowest BCUT2D eigenvalue weighted by Gasteiger charge is -2.29. The summed E-state index contributed by atoms with van der Waals surface area (Å²) in [5, 5.41) is 11.7. The van der Waals surface area contributed by atoms with Gasteiger partial charge in [-0.15, -0.1) is 0 Å². The van der Waals surface area contributed by atoms with Crippen molar-refractivity contribution in [3.63, 3.8) is 0 Å². The maximum atomic E-state index is 13.3. The predicted octanol–water partition coefficient (Wildman–Crippen LogP) is 3.39. The number of rotatable bonds is 7. The highest BCUT2D eigenvalue weighted by Gasteiger charge is 2.34. The Balaban J connectivity index is 1.99. The van der Waals surface area contributed by atoms with Gasteiger partial charge in [0.1, 0.15) is 5.57 Å². The maximum Gasteiger partial charge on any atom is 0.344 e. The van der Waals surface area contributed by atoms with Crippen LogP contribution in [0.1, 0.15) is 30.5 Å². The lowest BCUT2D eigenvalue weighted by molar-refractivity contribution is -0.144. The Kier molecular flexibility index (Phi) is 7.13. The van der Waals surface area contributed by atoms with E-state index >= 15 is 0 Å². The second-order valence-corrected chi connectivity index (χ2v) is 7.93. The van der Waals surface area contributed by atoms with Gasteiger partial charge in [0.15, 0.2) is 22.7 Å². The molecular weight excluding hydrogens is 444 g/mol. The zero-order valence-electron chi connectivity index (χ0n) is 18.7. The first-order chi connectivity index (χ1) is 15.6. The maximum absolute atomic E-state index is 13.3. The fraction of sp³-hybridized carbons (Fsp3) is 0.250. The quantitative estimate of drug-likeness (QED) is 0.365. The zero-order valence-corrected chi connectivity index (χ0v) is 19.5. The van der Waals surface area contributed by atoms with Crippen molar-refractivity contribution in [3.05, 3.63) is 58.7 Å². The van der Waals surface area contributed by atoms with E-state index in [0.29, 0.717) is 23.6 Å². The van der Waals surface area contributed by atoms with Crippen molar-refractivity contribution >= 4 is 46.9 Å². The molecule has 1 atom stereocenters. The molecule has 2 amide bonds. The number of carboxylic acid groups (broad SMARTS) is 1. The van der Waals surface area contributed by atoms with Crippen molar-refractivity contribution in [1.29, 1.82) is 0 Å². The molecule has 33 heavy (non-hydrogen) atoms. The molecule has 0 saturated carbocycles. The van der Waals surface area contributed by atoms with Crippen LogP contribution in [0.4, 0.5) is 5.69 Å². The number of carboxylic acids is 1. The Morgan fingerprint density at radius 2 is 1.82 bits per heavy atom. The fourth-order valence-corrected chi connectivity index (χ4v) is 3.64. The Labute approximate surface area is 196 Å². The number of amides is 2. The smallest absolute Gasteiger partial charge is 0.344 e. The van der Waals surface area contributed by atoms with E-state index in [9.17, 15) is 14.4 Å². The molecule has 0 unspecified atom stereocenters. The number of carbonyl (C=O) groups excluding carboxylic acids is 2. The standard InChI is InChI=1S/C24H24N2O6S/c1-5-31-20-12-16(6-7-19(20)32-15(4)23(29)30)11-18-21(27)25-24(33)26(22(18)28)17-9-13(2)8-14(3)10-17/h6-12,15H,5H2,1-4H3,(H,29,30)(H,25,27,33)/b18-11-/t15-/m1/s1. The molecule has 1 fully saturated rings. The molecule has 1 aliphatic rings. The molecule has 3 rings (SSSR count). The molecule has 0 radical (unpaired) electrons. The number of thiocarbonyl (C=S) groups is 1. The second-order valence-electron chi connectivity index (χ2n) is 7.54. The Morgan fingerprint density at radius 1 is 1.15 bits per heavy atom. The van der Waals surface area contributed by atoms with Gasteiger partial charge in [-0.3, -0.25) is 19.8 Å². The van der Waals surface area contributed by atoms with Crippen LogP contribution in [0.25, 0.3) is 6.08 Å². The summed E-state index contributed by atoms with van der Waals surface area (Å²) in [5.74, 6) is -1.73. The van der Waals surface area contributed by atoms with E-state index in [1.807, 2.05) is 32.0 Å². The summed E-state index contributed by atoms with van der Waals surface area (Å²) in [6, 6.07) is 10.3. The Hall–Kier alpha value is -3.72. The summed E-state index contributed by atoms with van der Waals surface area (Å²) in [6.07, 6.45) is 0.355. The van der Waals surface area contributed by atoms with Gasteiger partial charge in [-0.25, -0.2) is 4.79 Å². The van der Waals surface area contributed by atoms with E-state index in [1.165, 1.54) is 24.0 Å². The molecule has 8 nitrogen and oxygen atoms in total. The predicted molar refractivity (Wildman–Crippen MR) is 127 cm³/mol. The summed E-state index contributed by atoms with van der Waals surface area (Å²) < 4.78 is 11.0. The van der Waals surface area contributed by atoms with Crippen LogP contribution in [0, 0.1) is 13.8 Å². The van der Waals surface area contributed by atoms with Gasteiger partial charge in [-0.05, 0) is 86.9 Å². The highest BCUT2D eigenvalue weighted by molar-refractivity contribution is 7.80. The molecule has 0 spiro atoms. The minimum atomic E-state index is -1.12. The lowest BCUT2D eigenvalue weighted by Crippen LogP contribution is -2.54. The van der Waals surface area contributed by atoms with E-state index in [-0.39, 0.29) is 16.4 Å². The molecule has 2 aromatic carbocycles. The van der Waals surface area contributed by atoms with Crippen LogP contribution in [-0.2, 0) is 14.4 Å². The van der Waals surface area contributed by atoms with Gasteiger partial charge in [0.2, 0.25) is 0 Å². The number of anilines is 1. The van der Waals surface area contributed by atoms with E-state index < -0.39 is 23.9 Å². The van der Waals surface area contributed by atoms with Crippen molar-refractivity contribution < 1.29 is 29.0 Å². The Bertz CT molecular complexity index is 1150. The van der Waals surface area contributed by atoms with Crippen LogP contribution in [0.2, 0.25) is 0 Å². The minimum absolute atomic E-state index is 0.00793. The summed E-state index contributed by atoms with van der Waals surface area (Å²) in [6.45, 7) is 7.31. The molecule has 1 aliphatic heterocycles. The summed E-state index contributed by atoms with van der Waals surface area (Å²) in [5.41, 5.74) is 2.87.